The van der Waals surface area contributed by atoms with E-state index < -0.39 is 0 Å². The largest absolute Gasteiger partial charge is 0.479 e. The number of rotatable bonds is 5. The van der Waals surface area contributed by atoms with Crippen LogP contribution in [-0.2, 0) is 4.74 Å². The zero-order chi connectivity index (χ0) is 22.6. The van der Waals surface area contributed by atoms with Crippen molar-refractivity contribution in [2.45, 2.75) is 18.9 Å². The number of hydrogen-bond acceptors (Lipinski definition) is 9. The second kappa shape index (κ2) is 9.76. The van der Waals surface area contributed by atoms with Crippen LogP contribution in [0.1, 0.15) is 18.4 Å². The van der Waals surface area contributed by atoms with Crippen LogP contribution in [-0.4, -0.2) is 79.7 Å². The molecule has 2 aromatic rings. The third kappa shape index (κ3) is 5.09. The average Bonchev–Trinajstić information content (AvgIpc) is 2.85. The van der Waals surface area contributed by atoms with Crippen LogP contribution in [0.3, 0.4) is 0 Å². The van der Waals surface area contributed by atoms with Crippen molar-refractivity contribution in [3.05, 3.63) is 42.0 Å². The molecule has 1 atom stereocenters. The molecule has 4 heterocycles. The number of ether oxygens (including phenoxy) is 3. The standard InChI is InChI=1S/C24H30N6O3/c1-29-9-5-8-19(15-29)33-23-21-22(27-24(28-23)30-10-12-31-13-11-30)26-18(16-32-21)14-20(25)17-6-3-2-4-7-17/h2-4,6-7,14,19H,5,8-13,15-16,25H2,1H3. The first-order valence-electron chi connectivity index (χ1n) is 11.5. The molecule has 0 spiro atoms. The third-order valence-electron chi connectivity index (χ3n) is 6.00. The number of fused-ring (bicyclic) bond motifs is 1. The minimum Gasteiger partial charge on any atom is -0.479 e. The third-order valence-corrected chi connectivity index (χ3v) is 6.00. The molecule has 0 aliphatic carbocycles. The van der Waals surface area contributed by atoms with Crippen molar-refractivity contribution in [2.24, 2.45) is 10.7 Å². The molecule has 1 unspecified atom stereocenters. The lowest BCUT2D eigenvalue weighted by atomic mass is 10.1. The van der Waals surface area contributed by atoms with Gasteiger partial charge in [0.2, 0.25) is 17.5 Å². The molecule has 174 valence electrons. The predicted molar refractivity (Wildman–Crippen MR) is 127 cm³/mol. The molecule has 2 fully saturated rings. The first-order valence-corrected chi connectivity index (χ1v) is 11.5. The van der Waals surface area contributed by atoms with Crippen molar-refractivity contribution >= 4 is 23.2 Å². The number of aliphatic imine (C=N–C) groups is 1. The van der Waals surface area contributed by atoms with E-state index in [1.165, 1.54) is 0 Å². The summed E-state index contributed by atoms with van der Waals surface area (Å²) in [6, 6.07) is 9.81. The summed E-state index contributed by atoms with van der Waals surface area (Å²) in [6.45, 7) is 4.96. The van der Waals surface area contributed by atoms with E-state index in [1.54, 1.807) is 0 Å². The van der Waals surface area contributed by atoms with E-state index in [0.29, 0.717) is 48.0 Å². The maximum atomic E-state index is 6.36. The number of nitrogens with two attached hydrogens (primary N) is 1. The monoisotopic (exact) mass is 450 g/mol. The Morgan fingerprint density at radius 3 is 2.76 bits per heavy atom. The average molecular weight is 451 g/mol. The van der Waals surface area contributed by atoms with Gasteiger partial charge in [0, 0.05) is 25.3 Å². The highest BCUT2D eigenvalue weighted by molar-refractivity contribution is 6.03. The molecule has 9 heteroatoms. The SMILES string of the molecule is CN1CCCC(Oc2nc(N3CCOCC3)nc3c2OCC(C=C(N)c2ccccc2)=N3)C1. The van der Waals surface area contributed by atoms with Gasteiger partial charge in [-0.1, -0.05) is 30.3 Å². The highest BCUT2D eigenvalue weighted by Gasteiger charge is 2.28. The zero-order valence-corrected chi connectivity index (χ0v) is 18.9. The summed E-state index contributed by atoms with van der Waals surface area (Å²) in [4.78, 5) is 18.6. The van der Waals surface area contributed by atoms with Gasteiger partial charge in [-0.15, -0.1) is 0 Å². The molecule has 1 aromatic heterocycles. The number of piperidine rings is 1. The molecule has 2 N–H and O–H groups in total. The van der Waals surface area contributed by atoms with E-state index in [2.05, 4.69) is 16.8 Å². The summed E-state index contributed by atoms with van der Waals surface area (Å²) in [6.07, 6.45) is 3.98. The molecular formula is C24H30N6O3. The lowest BCUT2D eigenvalue weighted by Crippen LogP contribution is -2.39. The van der Waals surface area contributed by atoms with Crippen LogP contribution in [0, 0.1) is 0 Å². The highest BCUT2D eigenvalue weighted by atomic mass is 16.5. The van der Waals surface area contributed by atoms with Gasteiger partial charge in [0.15, 0.2) is 0 Å². The van der Waals surface area contributed by atoms with E-state index in [1.807, 2.05) is 36.4 Å². The number of likely N-dealkylation sites (tertiary alicyclic amines) is 1. The van der Waals surface area contributed by atoms with Crippen molar-refractivity contribution in [3.63, 3.8) is 0 Å². The van der Waals surface area contributed by atoms with Crippen LogP contribution < -0.4 is 20.1 Å². The van der Waals surface area contributed by atoms with Gasteiger partial charge in [0.1, 0.15) is 12.7 Å². The molecule has 3 aliphatic heterocycles. The summed E-state index contributed by atoms with van der Waals surface area (Å²) in [5.74, 6) is 2.02. The number of benzene rings is 1. The van der Waals surface area contributed by atoms with Gasteiger partial charge in [0.25, 0.3) is 5.88 Å². The van der Waals surface area contributed by atoms with Crippen LogP contribution in [0.5, 0.6) is 11.6 Å². The molecule has 0 saturated carbocycles. The molecule has 3 aliphatic rings. The van der Waals surface area contributed by atoms with Gasteiger partial charge in [-0.2, -0.15) is 9.97 Å². The minimum atomic E-state index is 0.0582. The number of likely N-dealkylation sites (N-methyl/N-ethyl adjacent to an activating group) is 1. The smallest absolute Gasteiger partial charge is 0.264 e. The Kier molecular flexibility index (Phi) is 6.41. The second-order valence-electron chi connectivity index (χ2n) is 8.58. The van der Waals surface area contributed by atoms with Crippen LogP contribution in [0.15, 0.2) is 41.4 Å². The maximum absolute atomic E-state index is 6.36. The lowest BCUT2D eigenvalue weighted by Gasteiger charge is -2.31. The van der Waals surface area contributed by atoms with Crippen molar-refractivity contribution in [1.29, 1.82) is 0 Å². The van der Waals surface area contributed by atoms with Gasteiger partial charge in [-0.3, -0.25) is 0 Å². The van der Waals surface area contributed by atoms with Crippen LogP contribution >= 0.6 is 0 Å². The van der Waals surface area contributed by atoms with E-state index in [4.69, 9.17) is 34.9 Å². The van der Waals surface area contributed by atoms with Crippen molar-refractivity contribution < 1.29 is 14.2 Å². The first kappa shape index (κ1) is 21.7. The summed E-state index contributed by atoms with van der Waals surface area (Å²) in [5, 5.41) is 0. The summed E-state index contributed by atoms with van der Waals surface area (Å²) in [5.41, 5.74) is 8.58. The molecular weight excluding hydrogens is 420 g/mol. The Morgan fingerprint density at radius 1 is 1.15 bits per heavy atom. The topological polar surface area (TPSA) is 98.3 Å². The van der Waals surface area contributed by atoms with Crippen molar-refractivity contribution in [1.82, 2.24) is 14.9 Å². The number of aromatic nitrogens is 2. The number of nitrogens with zero attached hydrogens (tertiary/aromatic N) is 5. The Balaban J connectivity index is 1.47. The fourth-order valence-electron chi connectivity index (χ4n) is 4.25. The normalized spacial score (nSPS) is 21.7. The van der Waals surface area contributed by atoms with Crippen LogP contribution in [0.25, 0.3) is 5.70 Å². The summed E-state index contributed by atoms with van der Waals surface area (Å²) >= 11 is 0. The molecule has 1 aromatic carbocycles. The molecule has 0 radical (unpaired) electrons. The number of hydrogen-bond donors (Lipinski definition) is 1. The van der Waals surface area contributed by atoms with Gasteiger partial charge < -0.3 is 29.7 Å². The maximum Gasteiger partial charge on any atom is 0.264 e. The van der Waals surface area contributed by atoms with Crippen molar-refractivity contribution in [3.8, 4) is 11.6 Å². The fraction of sp³-hybridized carbons (Fsp3) is 0.458. The molecule has 9 nitrogen and oxygen atoms in total. The fourth-order valence-corrected chi connectivity index (χ4v) is 4.25. The number of morpholine rings is 1. The Labute approximate surface area is 193 Å². The molecule has 0 bridgehead atoms. The van der Waals surface area contributed by atoms with E-state index in [-0.39, 0.29) is 12.7 Å². The predicted octanol–water partition coefficient (Wildman–Crippen LogP) is 2.25. The molecule has 5 rings (SSSR count). The van der Waals surface area contributed by atoms with E-state index in [0.717, 1.165) is 44.6 Å². The van der Waals surface area contributed by atoms with Gasteiger partial charge in [-0.05, 0) is 38.1 Å². The van der Waals surface area contributed by atoms with E-state index in [9.17, 15) is 0 Å². The van der Waals surface area contributed by atoms with Crippen LogP contribution in [0.2, 0.25) is 0 Å². The molecule has 2 saturated heterocycles. The highest BCUT2D eigenvalue weighted by Crippen LogP contribution is 2.39. The van der Waals surface area contributed by atoms with Crippen molar-refractivity contribution in [2.75, 3.05) is 57.9 Å². The Morgan fingerprint density at radius 2 is 1.97 bits per heavy atom. The second-order valence-corrected chi connectivity index (χ2v) is 8.58. The first-order chi connectivity index (χ1) is 16.2. The van der Waals surface area contributed by atoms with Gasteiger partial charge >= 0.3 is 0 Å². The quantitative estimate of drug-likeness (QED) is 0.741. The van der Waals surface area contributed by atoms with Crippen LogP contribution in [0.4, 0.5) is 11.8 Å². The molecule has 0 amide bonds. The molecule has 33 heavy (non-hydrogen) atoms. The number of anilines is 1. The minimum absolute atomic E-state index is 0.0582. The summed E-state index contributed by atoms with van der Waals surface area (Å²) < 4.78 is 17.9. The lowest BCUT2D eigenvalue weighted by molar-refractivity contribution is 0.0959. The van der Waals surface area contributed by atoms with Gasteiger partial charge in [0.05, 0.1) is 18.9 Å². The summed E-state index contributed by atoms with van der Waals surface area (Å²) in [7, 11) is 2.11. The zero-order valence-electron chi connectivity index (χ0n) is 18.9. The van der Waals surface area contributed by atoms with E-state index >= 15 is 0 Å². The Hall–Kier alpha value is -3.17. The van der Waals surface area contributed by atoms with Gasteiger partial charge in [-0.25, -0.2) is 4.99 Å². The Bertz CT molecular complexity index is 1040.